The Labute approximate surface area is 154 Å². The lowest BCUT2D eigenvalue weighted by Gasteiger charge is -2.27. The number of carbonyl (C=O) groups is 1. The van der Waals surface area contributed by atoms with Gasteiger partial charge in [-0.1, -0.05) is 12.1 Å². The van der Waals surface area contributed by atoms with E-state index in [2.05, 4.69) is 16.1 Å². The molecule has 1 aliphatic heterocycles. The van der Waals surface area contributed by atoms with E-state index in [1.807, 2.05) is 24.3 Å². The van der Waals surface area contributed by atoms with Crippen LogP contribution in [0, 0.1) is 17.8 Å². The molecule has 2 aromatic rings. The Kier molecular flexibility index (Phi) is 3.85. The summed E-state index contributed by atoms with van der Waals surface area (Å²) in [4.78, 5) is 17.5. The number of nitrogens with zero attached hydrogens (tertiary/aromatic N) is 2. The molecule has 0 radical (unpaired) electrons. The first-order chi connectivity index (χ1) is 12.7. The first-order valence-corrected chi connectivity index (χ1v) is 9.92. The number of benzene rings is 1. The number of hydrogen-bond donors (Lipinski definition) is 2. The highest BCUT2D eigenvalue weighted by Gasteiger charge is 2.49. The van der Waals surface area contributed by atoms with Gasteiger partial charge in [0.15, 0.2) is 0 Å². The molecule has 5 nitrogen and oxygen atoms in total. The average molecular weight is 350 g/mol. The van der Waals surface area contributed by atoms with E-state index in [9.17, 15) is 4.79 Å². The van der Waals surface area contributed by atoms with E-state index in [1.54, 1.807) is 0 Å². The van der Waals surface area contributed by atoms with Gasteiger partial charge in [0, 0.05) is 36.5 Å². The van der Waals surface area contributed by atoms with Gasteiger partial charge in [0.2, 0.25) is 5.91 Å². The van der Waals surface area contributed by atoms with E-state index in [0.29, 0.717) is 11.8 Å². The zero-order valence-corrected chi connectivity index (χ0v) is 15.0. The molecule has 1 amide bonds. The summed E-state index contributed by atoms with van der Waals surface area (Å²) in [6, 6.07) is 8.08. The number of aryl methyl sites for hydroxylation is 2. The normalized spacial score (nSPS) is 29.6. The Morgan fingerprint density at radius 3 is 2.69 bits per heavy atom. The molecule has 26 heavy (non-hydrogen) atoms. The summed E-state index contributed by atoms with van der Waals surface area (Å²) < 4.78 is 2.27. The van der Waals surface area contributed by atoms with Crippen LogP contribution in [0.4, 0.5) is 5.69 Å². The second kappa shape index (κ2) is 6.23. The lowest BCUT2D eigenvalue weighted by Crippen LogP contribution is -2.42. The van der Waals surface area contributed by atoms with Crippen molar-refractivity contribution in [3.8, 4) is 11.3 Å². The van der Waals surface area contributed by atoms with Gasteiger partial charge in [0.1, 0.15) is 5.82 Å². The van der Waals surface area contributed by atoms with E-state index >= 15 is 0 Å². The van der Waals surface area contributed by atoms with Crippen LogP contribution in [0.2, 0.25) is 0 Å². The highest BCUT2D eigenvalue weighted by molar-refractivity contribution is 5.93. The molecule has 2 fully saturated rings. The van der Waals surface area contributed by atoms with Gasteiger partial charge in [-0.15, -0.1) is 0 Å². The molecule has 2 aliphatic carbocycles. The van der Waals surface area contributed by atoms with Gasteiger partial charge >= 0.3 is 0 Å². The standard InChI is InChI=1S/C21H26N4O/c22-20-15-5-4-14(11-15)19(20)21(26)23-16-8-6-13(7-9-16)17-12-25-10-2-1-3-18(25)24-17/h6-9,12,14-15,19-20H,1-5,10-11,22H2,(H,23,26). The third-order valence-corrected chi connectivity index (χ3v) is 6.64. The SMILES string of the molecule is NC1C2CCC(C2)C1C(=O)Nc1ccc(-c2cn3c(n2)CCCC3)cc1. The minimum atomic E-state index is -0.0201. The smallest absolute Gasteiger partial charge is 0.229 e. The predicted octanol–water partition coefficient (Wildman–Crippen LogP) is 3.20. The van der Waals surface area contributed by atoms with Crippen LogP contribution in [0.25, 0.3) is 11.3 Å². The fraction of sp³-hybridized carbons (Fsp3) is 0.524. The second-order valence-corrected chi connectivity index (χ2v) is 8.20. The quantitative estimate of drug-likeness (QED) is 0.893. The average Bonchev–Trinajstić information content (AvgIpc) is 3.36. The molecule has 2 bridgehead atoms. The fourth-order valence-electron chi connectivity index (χ4n) is 5.23. The number of amides is 1. The van der Waals surface area contributed by atoms with E-state index in [1.165, 1.54) is 25.1 Å². The number of nitrogens with one attached hydrogen (secondary N) is 1. The third-order valence-electron chi connectivity index (χ3n) is 6.64. The molecule has 2 saturated carbocycles. The van der Waals surface area contributed by atoms with Crippen LogP contribution >= 0.6 is 0 Å². The first kappa shape index (κ1) is 16.1. The van der Waals surface area contributed by atoms with Crippen molar-refractivity contribution in [2.24, 2.45) is 23.5 Å². The van der Waals surface area contributed by atoms with Crippen LogP contribution in [0.3, 0.4) is 0 Å². The molecule has 2 heterocycles. The van der Waals surface area contributed by atoms with Gasteiger partial charge in [-0.3, -0.25) is 4.79 Å². The summed E-state index contributed by atoms with van der Waals surface area (Å²) in [5, 5.41) is 3.08. The van der Waals surface area contributed by atoms with Crippen molar-refractivity contribution in [2.75, 3.05) is 5.32 Å². The Bertz CT molecular complexity index is 800. The van der Waals surface area contributed by atoms with Gasteiger partial charge in [0.25, 0.3) is 0 Å². The predicted molar refractivity (Wildman–Crippen MR) is 102 cm³/mol. The number of hydrogen-bond acceptors (Lipinski definition) is 3. The van der Waals surface area contributed by atoms with E-state index in [0.717, 1.165) is 42.8 Å². The Morgan fingerprint density at radius 1 is 1.15 bits per heavy atom. The Hall–Kier alpha value is -2.14. The van der Waals surface area contributed by atoms with Crippen molar-refractivity contribution in [3.63, 3.8) is 0 Å². The molecule has 0 saturated heterocycles. The van der Waals surface area contributed by atoms with Gasteiger partial charge in [-0.05, 0) is 56.1 Å². The Balaban J connectivity index is 1.29. The highest BCUT2D eigenvalue weighted by atomic mass is 16.2. The molecule has 0 spiro atoms. The summed E-state index contributed by atoms with van der Waals surface area (Å²) in [6.07, 6.45) is 9.16. The molecule has 4 unspecified atom stereocenters. The minimum Gasteiger partial charge on any atom is -0.334 e. The van der Waals surface area contributed by atoms with Gasteiger partial charge in [-0.25, -0.2) is 4.98 Å². The van der Waals surface area contributed by atoms with Gasteiger partial charge < -0.3 is 15.6 Å². The molecule has 5 rings (SSSR count). The molecular weight excluding hydrogens is 324 g/mol. The van der Waals surface area contributed by atoms with Crippen LogP contribution in [0.1, 0.15) is 37.9 Å². The number of aromatic nitrogens is 2. The number of nitrogens with two attached hydrogens (primary N) is 1. The van der Waals surface area contributed by atoms with Crippen LogP contribution < -0.4 is 11.1 Å². The molecule has 3 N–H and O–H groups in total. The molecule has 136 valence electrons. The second-order valence-electron chi connectivity index (χ2n) is 8.20. The largest absolute Gasteiger partial charge is 0.334 e. The maximum absolute atomic E-state index is 12.7. The van der Waals surface area contributed by atoms with Crippen molar-refractivity contribution in [1.82, 2.24) is 9.55 Å². The third kappa shape index (κ3) is 2.65. The Morgan fingerprint density at radius 2 is 1.96 bits per heavy atom. The first-order valence-electron chi connectivity index (χ1n) is 9.92. The maximum atomic E-state index is 12.7. The fourth-order valence-corrected chi connectivity index (χ4v) is 5.23. The van der Waals surface area contributed by atoms with Crippen molar-refractivity contribution < 1.29 is 4.79 Å². The summed E-state index contributed by atoms with van der Waals surface area (Å²) in [7, 11) is 0. The lowest BCUT2D eigenvalue weighted by atomic mass is 9.84. The molecule has 4 atom stereocenters. The van der Waals surface area contributed by atoms with Crippen LogP contribution in [0.5, 0.6) is 0 Å². The molecule has 1 aromatic carbocycles. The lowest BCUT2D eigenvalue weighted by molar-refractivity contribution is -0.121. The molecule has 1 aromatic heterocycles. The van der Waals surface area contributed by atoms with E-state index < -0.39 is 0 Å². The minimum absolute atomic E-state index is 0.0201. The zero-order chi connectivity index (χ0) is 17.7. The molecule has 5 heteroatoms. The highest BCUT2D eigenvalue weighted by Crippen LogP contribution is 2.47. The van der Waals surface area contributed by atoms with Crippen molar-refractivity contribution in [2.45, 2.75) is 51.1 Å². The number of carbonyl (C=O) groups excluding carboxylic acids is 1. The van der Waals surface area contributed by atoms with E-state index in [4.69, 9.17) is 10.7 Å². The molecule has 3 aliphatic rings. The number of rotatable bonds is 3. The summed E-state index contributed by atoms with van der Waals surface area (Å²) in [5.74, 6) is 2.29. The number of anilines is 1. The molecular formula is C21H26N4O. The van der Waals surface area contributed by atoms with Gasteiger partial charge in [-0.2, -0.15) is 0 Å². The van der Waals surface area contributed by atoms with Crippen molar-refractivity contribution in [1.29, 1.82) is 0 Å². The zero-order valence-electron chi connectivity index (χ0n) is 15.0. The number of fused-ring (bicyclic) bond motifs is 3. The van der Waals surface area contributed by atoms with Gasteiger partial charge in [0.05, 0.1) is 11.6 Å². The van der Waals surface area contributed by atoms with Crippen LogP contribution in [-0.2, 0) is 17.8 Å². The van der Waals surface area contributed by atoms with E-state index in [-0.39, 0.29) is 17.9 Å². The number of imidazole rings is 1. The van der Waals surface area contributed by atoms with Crippen molar-refractivity contribution >= 4 is 11.6 Å². The monoisotopic (exact) mass is 350 g/mol. The van der Waals surface area contributed by atoms with Crippen molar-refractivity contribution in [3.05, 3.63) is 36.3 Å². The maximum Gasteiger partial charge on any atom is 0.229 e. The summed E-state index contributed by atoms with van der Waals surface area (Å²) >= 11 is 0. The van der Waals surface area contributed by atoms with Crippen LogP contribution in [-0.4, -0.2) is 21.5 Å². The van der Waals surface area contributed by atoms with Crippen LogP contribution in [0.15, 0.2) is 30.5 Å². The summed E-state index contributed by atoms with van der Waals surface area (Å²) in [5.41, 5.74) is 9.26. The topological polar surface area (TPSA) is 72.9 Å². The summed E-state index contributed by atoms with van der Waals surface area (Å²) in [6.45, 7) is 1.07.